The van der Waals surface area contributed by atoms with Gasteiger partial charge in [0.25, 0.3) is 0 Å². The maximum absolute atomic E-state index is 13.5. The molecule has 1 saturated carbocycles. The second kappa shape index (κ2) is 7.24. The molecule has 3 N–H and O–H groups in total. The molecule has 0 heterocycles. The van der Waals surface area contributed by atoms with Crippen molar-refractivity contribution in [2.75, 3.05) is 6.61 Å². The summed E-state index contributed by atoms with van der Waals surface area (Å²) < 4.78 is 19.1. The van der Waals surface area contributed by atoms with Crippen LogP contribution in [0.1, 0.15) is 43.2 Å². The van der Waals surface area contributed by atoms with Crippen LogP contribution in [0.4, 0.5) is 4.39 Å². The Hall–Kier alpha value is -1.62. The summed E-state index contributed by atoms with van der Waals surface area (Å²) in [5.41, 5.74) is 6.53. The van der Waals surface area contributed by atoms with Gasteiger partial charge >= 0.3 is 0 Å². The van der Waals surface area contributed by atoms with Crippen LogP contribution in [0.5, 0.6) is 0 Å². The Bertz CT molecular complexity index is 471. The molecule has 1 aromatic rings. The van der Waals surface area contributed by atoms with E-state index in [4.69, 9.17) is 15.7 Å². The van der Waals surface area contributed by atoms with Gasteiger partial charge in [-0.05, 0) is 42.5 Å². The van der Waals surface area contributed by atoms with E-state index in [0.29, 0.717) is 23.7 Å². The zero-order valence-corrected chi connectivity index (χ0v) is 11.5. The zero-order valence-electron chi connectivity index (χ0n) is 11.5. The number of nitrogens with two attached hydrogens (primary N) is 1. The van der Waals surface area contributed by atoms with Gasteiger partial charge in [0.05, 0.1) is 6.61 Å². The molecular weight excluding hydrogens is 259 g/mol. The molecule has 0 bridgehead atoms. The van der Waals surface area contributed by atoms with Crippen molar-refractivity contribution in [2.45, 2.75) is 38.7 Å². The van der Waals surface area contributed by atoms with Crippen molar-refractivity contribution in [3.63, 3.8) is 0 Å². The Labute approximate surface area is 118 Å². The highest BCUT2D eigenvalue weighted by Crippen LogP contribution is 2.24. The normalized spacial score (nSPS) is 17.4. The predicted octanol–water partition coefficient (Wildman–Crippen LogP) is 3.02. The first-order valence-corrected chi connectivity index (χ1v) is 7.04. The molecule has 0 atom stereocenters. The maximum Gasteiger partial charge on any atom is 0.170 e. The average molecular weight is 280 g/mol. The Morgan fingerprint density at radius 2 is 2.05 bits per heavy atom. The quantitative estimate of drug-likeness (QED) is 0.377. The van der Waals surface area contributed by atoms with Crippen LogP contribution in [0.25, 0.3) is 0 Å². The zero-order chi connectivity index (χ0) is 14.4. The lowest BCUT2D eigenvalue weighted by Gasteiger charge is -2.21. The van der Waals surface area contributed by atoms with Crippen molar-refractivity contribution in [1.82, 2.24) is 0 Å². The van der Waals surface area contributed by atoms with Crippen LogP contribution < -0.4 is 5.73 Å². The SMILES string of the molecule is N/C(=N/O)c1cc(F)cc(COCC2CCCCC2)c1. The van der Waals surface area contributed by atoms with E-state index in [0.717, 1.165) is 6.61 Å². The summed E-state index contributed by atoms with van der Waals surface area (Å²) in [5.74, 6) is 0.115. The molecule has 1 aliphatic rings. The average Bonchev–Trinajstić information content (AvgIpc) is 2.47. The van der Waals surface area contributed by atoms with E-state index < -0.39 is 5.82 Å². The van der Waals surface area contributed by atoms with Crippen molar-refractivity contribution in [1.29, 1.82) is 0 Å². The minimum Gasteiger partial charge on any atom is -0.409 e. The summed E-state index contributed by atoms with van der Waals surface area (Å²) in [6, 6.07) is 4.33. The molecule has 5 heteroatoms. The topological polar surface area (TPSA) is 67.8 Å². The fraction of sp³-hybridized carbons (Fsp3) is 0.533. The molecular formula is C15H21FN2O2. The monoisotopic (exact) mass is 280 g/mol. The van der Waals surface area contributed by atoms with Gasteiger partial charge in [-0.2, -0.15) is 0 Å². The van der Waals surface area contributed by atoms with E-state index in [1.54, 1.807) is 6.07 Å². The molecule has 0 saturated heterocycles. The van der Waals surface area contributed by atoms with Gasteiger partial charge in [-0.3, -0.25) is 0 Å². The highest BCUT2D eigenvalue weighted by atomic mass is 19.1. The first-order chi connectivity index (χ1) is 9.69. The highest BCUT2D eigenvalue weighted by Gasteiger charge is 2.13. The van der Waals surface area contributed by atoms with E-state index in [2.05, 4.69) is 5.16 Å². The van der Waals surface area contributed by atoms with Gasteiger partial charge in [-0.1, -0.05) is 24.4 Å². The molecule has 0 spiro atoms. The summed E-state index contributed by atoms with van der Waals surface area (Å²) in [6.45, 7) is 1.06. The summed E-state index contributed by atoms with van der Waals surface area (Å²) >= 11 is 0. The molecule has 110 valence electrons. The number of nitrogens with zero attached hydrogens (tertiary/aromatic N) is 1. The summed E-state index contributed by atoms with van der Waals surface area (Å²) in [6.07, 6.45) is 6.32. The second-order valence-corrected chi connectivity index (χ2v) is 5.35. The predicted molar refractivity (Wildman–Crippen MR) is 75.1 cm³/mol. The standard InChI is InChI=1S/C15H21FN2O2/c16-14-7-12(6-13(8-14)15(17)18-19)10-20-9-11-4-2-1-3-5-11/h6-8,11,19H,1-5,9-10H2,(H2,17,18). The number of hydrogen-bond acceptors (Lipinski definition) is 3. The van der Waals surface area contributed by atoms with Crippen molar-refractivity contribution in [3.05, 3.63) is 35.1 Å². The largest absolute Gasteiger partial charge is 0.409 e. The molecule has 0 aromatic heterocycles. The lowest BCUT2D eigenvalue weighted by Crippen LogP contribution is -2.15. The van der Waals surface area contributed by atoms with E-state index in [1.807, 2.05) is 0 Å². The van der Waals surface area contributed by atoms with Crippen molar-refractivity contribution in [2.24, 2.45) is 16.8 Å². The fourth-order valence-electron chi connectivity index (χ4n) is 2.64. The maximum atomic E-state index is 13.5. The van der Waals surface area contributed by atoms with Crippen molar-refractivity contribution in [3.8, 4) is 0 Å². The third kappa shape index (κ3) is 4.20. The number of amidine groups is 1. The molecule has 1 aromatic carbocycles. The lowest BCUT2D eigenvalue weighted by atomic mass is 9.90. The first-order valence-electron chi connectivity index (χ1n) is 7.04. The number of ether oxygens (including phenoxy) is 1. The summed E-state index contributed by atoms with van der Waals surface area (Å²) in [5, 5.41) is 11.5. The van der Waals surface area contributed by atoms with Crippen LogP contribution in [0.3, 0.4) is 0 Å². The number of benzene rings is 1. The molecule has 0 unspecified atom stereocenters. The van der Waals surface area contributed by atoms with Crippen molar-refractivity contribution >= 4 is 5.84 Å². The van der Waals surface area contributed by atoms with Gasteiger partial charge in [0, 0.05) is 12.2 Å². The van der Waals surface area contributed by atoms with Crippen molar-refractivity contribution < 1.29 is 14.3 Å². The van der Waals surface area contributed by atoms with Crippen LogP contribution in [0, 0.1) is 11.7 Å². The molecule has 1 fully saturated rings. The van der Waals surface area contributed by atoms with Crippen LogP contribution >= 0.6 is 0 Å². The minimum absolute atomic E-state index is 0.0990. The Morgan fingerprint density at radius 3 is 2.75 bits per heavy atom. The molecule has 2 rings (SSSR count). The van der Waals surface area contributed by atoms with E-state index in [1.165, 1.54) is 44.2 Å². The van der Waals surface area contributed by atoms with Crippen LogP contribution in [0.2, 0.25) is 0 Å². The third-order valence-electron chi connectivity index (χ3n) is 3.71. The Balaban J connectivity index is 1.90. The van der Waals surface area contributed by atoms with E-state index in [-0.39, 0.29) is 5.84 Å². The molecule has 20 heavy (non-hydrogen) atoms. The molecule has 4 nitrogen and oxygen atoms in total. The minimum atomic E-state index is -0.412. The molecule has 1 aliphatic carbocycles. The Morgan fingerprint density at radius 1 is 1.30 bits per heavy atom. The Kier molecular flexibility index (Phi) is 5.35. The number of rotatable bonds is 5. The van der Waals surface area contributed by atoms with Gasteiger partial charge in [0.2, 0.25) is 0 Å². The summed E-state index contributed by atoms with van der Waals surface area (Å²) in [4.78, 5) is 0. The van der Waals surface area contributed by atoms with Crippen LogP contribution in [-0.2, 0) is 11.3 Å². The van der Waals surface area contributed by atoms with E-state index >= 15 is 0 Å². The third-order valence-corrected chi connectivity index (χ3v) is 3.71. The number of oxime groups is 1. The van der Waals surface area contributed by atoms with Gasteiger partial charge in [0.1, 0.15) is 5.82 Å². The first kappa shape index (κ1) is 14.8. The van der Waals surface area contributed by atoms with E-state index in [9.17, 15) is 4.39 Å². The fourth-order valence-corrected chi connectivity index (χ4v) is 2.64. The van der Waals surface area contributed by atoms with Gasteiger partial charge in [-0.15, -0.1) is 0 Å². The van der Waals surface area contributed by atoms with Crippen LogP contribution in [-0.4, -0.2) is 17.6 Å². The lowest BCUT2D eigenvalue weighted by molar-refractivity contribution is 0.0738. The molecule has 0 radical (unpaired) electrons. The van der Waals surface area contributed by atoms with Gasteiger partial charge < -0.3 is 15.7 Å². The molecule has 0 aliphatic heterocycles. The second-order valence-electron chi connectivity index (χ2n) is 5.35. The highest BCUT2D eigenvalue weighted by molar-refractivity contribution is 5.97. The number of hydrogen-bond donors (Lipinski definition) is 2. The van der Waals surface area contributed by atoms with Crippen LogP contribution in [0.15, 0.2) is 23.4 Å². The van der Waals surface area contributed by atoms with Gasteiger partial charge in [0.15, 0.2) is 5.84 Å². The smallest absolute Gasteiger partial charge is 0.170 e. The van der Waals surface area contributed by atoms with Gasteiger partial charge in [-0.25, -0.2) is 4.39 Å². The number of halogens is 1. The molecule has 0 amide bonds. The summed E-state index contributed by atoms with van der Waals surface area (Å²) in [7, 11) is 0.